The number of amides is 1. The molecule has 0 aliphatic rings. The maximum Gasteiger partial charge on any atom is 0.220 e. The van der Waals surface area contributed by atoms with Crippen molar-refractivity contribution in [3.63, 3.8) is 0 Å². The normalized spacial score (nSPS) is 10.9. The van der Waals surface area contributed by atoms with E-state index in [-0.39, 0.29) is 5.91 Å². The van der Waals surface area contributed by atoms with Crippen LogP contribution in [0.1, 0.15) is 29.7 Å². The summed E-state index contributed by atoms with van der Waals surface area (Å²) in [6.07, 6.45) is 6.97. The van der Waals surface area contributed by atoms with Crippen LogP contribution in [0.2, 0.25) is 0 Å². The van der Waals surface area contributed by atoms with Crippen LogP contribution < -0.4 is 5.32 Å². The number of nitrogens with one attached hydrogen (secondary N) is 1. The van der Waals surface area contributed by atoms with Crippen LogP contribution in [0.15, 0.2) is 48.8 Å². The van der Waals surface area contributed by atoms with Crippen molar-refractivity contribution in [3.05, 3.63) is 65.6 Å². The smallest absolute Gasteiger partial charge is 0.220 e. The third-order valence-electron chi connectivity index (χ3n) is 3.94. The highest BCUT2D eigenvalue weighted by molar-refractivity contribution is 5.76. The van der Waals surface area contributed by atoms with Crippen molar-refractivity contribution in [2.24, 2.45) is 0 Å². The number of fused-ring (bicyclic) bond motifs is 1. The monoisotopic (exact) mass is 322 g/mol. The van der Waals surface area contributed by atoms with E-state index in [9.17, 15) is 4.79 Å². The van der Waals surface area contributed by atoms with Gasteiger partial charge in [0.05, 0.1) is 5.69 Å². The van der Waals surface area contributed by atoms with Crippen LogP contribution in [0.3, 0.4) is 0 Å². The Hall–Kier alpha value is -2.69. The van der Waals surface area contributed by atoms with Gasteiger partial charge >= 0.3 is 0 Å². The zero-order chi connectivity index (χ0) is 16.8. The first-order chi connectivity index (χ1) is 11.7. The van der Waals surface area contributed by atoms with Gasteiger partial charge in [-0.3, -0.25) is 4.79 Å². The second-order valence-electron chi connectivity index (χ2n) is 5.99. The Morgan fingerprint density at radius 1 is 1.17 bits per heavy atom. The van der Waals surface area contributed by atoms with E-state index in [0.717, 1.165) is 36.2 Å². The molecular weight excluding hydrogens is 300 g/mol. The molecule has 0 saturated carbocycles. The number of aryl methyl sites for hydroxylation is 3. The summed E-state index contributed by atoms with van der Waals surface area (Å²) >= 11 is 0. The molecule has 0 aliphatic heterocycles. The van der Waals surface area contributed by atoms with E-state index in [4.69, 9.17) is 0 Å². The molecule has 1 N–H and O–H groups in total. The SMILES string of the molecule is Cc1cc2ncc(CCCNC(=O)CCc3ccccc3)cn2n1. The number of hydrogen-bond donors (Lipinski definition) is 1. The molecule has 5 nitrogen and oxygen atoms in total. The zero-order valence-corrected chi connectivity index (χ0v) is 13.9. The van der Waals surface area contributed by atoms with Crippen molar-refractivity contribution in [2.75, 3.05) is 6.54 Å². The van der Waals surface area contributed by atoms with Crippen LogP contribution >= 0.6 is 0 Å². The van der Waals surface area contributed by atoms with Crippen molar-refractivity contribution in [1.82, 2.24) is 19.9 Å². The first-order valence-corrected chi connectivity index (χ1v) is 8.32. The first kappa shape index (κ1) is 16.2. The summed E-state index contributed by atoms with van der Waals surface area (Å²) in [5.41, 5.74) is 4.15. The zero-order valence-electron chi connectivity index (χ0n) is 13.9. The van der Waals surface area contributed by atoms with E-state index in [0.29, 0.717) is 13.0 Å². The lowest BCUT2D eigenvalue weighted by molar-refractivity contribution is -0.121. The molecule has 2 heterocycles. The predicted molar refractivity (Wildman–Crippen MR) is 93.8 cm³/mol. The molecule has 124 valence electrons. The van der Waals surface area contributed by atoms with E-state index >= 15 is 0 Å². The third kappa shape index (κ3) is 4.41. The topological polar surface area (TPSA) is 59.3 Å². The fourth-order valence-corrected chi connectivity index (χ4v) is 2.67. The number of hydrogen-bond acceptors (Lipinski definition) is 3. The number of nitrogens with zero attached hydrogens (tertiary/aromatic N) is 3. The van der Waals surface area contributed by atoms with E-state index < -0.39 is 0 Å². The van der Waals surface area contributed by atoms with Crippen LogP contribution in [0.25, 0.3) is 5.65 Å². The summed E-state index contributed by atoms with van der Waals surface area (Å²) in [5.74, 6) is 0.107. The Labute approximate surface area is 141 Å². The molecule has 3 rings (SSSR count). The average Bonchev–Trinajstić information content (AvgIpc) is 2.97. The molecular formula is C19H22N4O. The minimum absolute atomic E-state index is 0.107. The Kier molecular flexibility index (Phi) is 5.21. The maximum atomic E-state index is 11.9. The van der Waals surface area contributed by atoms with Gasteiger partial charge in [0.2, 0.25) is 5.91 Å². The fraction of sp³-hybridized carbons (Fsp3) is 0.316. The summed E-state index contributed by atoms with van der Waals surface area (Å²) in [6.45, 7) is 2.64. The molecule has 1 aromatic carbocycles. The van der Waals surface area contributed by atoms with Gasteiger partial charge < -0.3 is 5.32 Å². The lowest BCUT2D eigenvalue weighted by Gasteiger charge is -2.06. The molecule has 0 saturated heterocycles. The molecule has 2 aromatic heterocycles. The number of carbonyl (C=O) groups excluding carboxylic acids is 1. The Morgan fingerprint density at radius 2 is 2.00 bits per heavy atom. The third-order valence-corrected chi connectivity index (χ3v) is 3.94. The fourth-order valence-electron chi connectivity index (χ4n) is 2.67. The van der Waals surface area contributed by atoms with E-state index in [1.165, 1.54) is 5.56 Å². The highest BCUT2D eigenvalue weighted by Crippen LogP contribution is 2.06. The summed E-state index contributed by atoms with van der Waals surface area (Å²) in [6, 6.07) is 12.0. The summed E-state index contributed by atoms with van der Waals surface area (Å²) < 4.78 is 1.81. The number of aromatic nitrogens is 3. The van der Waals surface area contributed by atoms with Crippen LogP contribution in [0.4, 0.5) is 0 Å². The second-order valence-corrected chi connectivity index (χ2v) is 5.99. The van der Waals surface area contributed by atoms with Gasteiger partial charge in [0.15, 0.2) is 5.65 Å². The van der Waals surface area contributed by atoms with Gasteiger partial charge in [-0.25, -0.2) is 9.50 Å². The Balaban J connectivity index is 1.38. The molecule has 0 unspecified atom stereocenters. The Morgan fingerprint density at radius 3 is 2.83 bits per heavy atom. The van der Waals surface area contributed by atoms with Gasteiger partial charge in [-0.05, 0) is 37.3 Å². The van der Waals surface area contributed by atoms with Gasteiger partial charge in [-0.15, -0.1) is 0 Å². The molecule has 0 radical (unpaired) electrons. The molecule has 1 amide bonds. The largest absolute Gasteiger partial charge is 0.356 e. The van der Waals surface area contributed by atoms with Crippen molar-refractivity contribution in [3.8, 4) is 0 Å². The molecule has 3 aromatic rings. The van der Waals surface area contributed by atoms with Gasteiger partial charge in [0.1, 0.15) is 0 Å². The number of carbonyl (C=O) groups is 1. The lowest BCUT2D eigenvalue weighted by atomic mass is 10.1. The molecule has 0 spiro atoms. The number of rotatable bonds is 7. The van der Waals surface area contributed by atoms with Crippen LogP contribution in [-0.4, -0.2) is 27.0 Å². The van der Waals surface area contributed by atoms with Gasteiger partial charge in [0, 0.05) is 31.4 Å². The van der Waals surface area contributed by atoms with Crippen LogP contribution in [0, 0.1) is 6.92 Å². The lowest BCUT2D eigenvalue weighted by Crippen LogP contribution is -2.25. The van der Waals surface area contributed by atoms with Gasteiger partial charge in [0.25, 0.3) is 0 Å². The standard InChI is InChI=1S/C19H22N4O/c1-15-12-18-21-13-17(14-23(18)22-15)8-5-11-20-19(24)10-9-16-6-3-2-4-7-16/h2-4,6-7,12-14H,5,8-11H2,1H3,(H,20,24). The summed E-state index contributed by atoms with van der Waals surface area (Å²) in [7, 11) is 0. The highest BCUT2D eigenvalue weighted by Gasteiger charge is 2.03. The van der Waals surface area contributed by atoms with E-state index in [2.05, 4.69) is 15.4 Å². The summed E-state index contributed by atoms with van der Waals surface area (Å²) in [4.78, 5) is 16.3. The van der Waals surface area contributed by atoms with Crippen molar-refractivity contribution < 1.29 is 4.79 Å². The quantitative estimate of drug-likeness (QED) is 0.680. The van der Waals surface area contributed by atoms with Crippen molar-refractivity contribution >= 4 is 11.6 Å². The van der Waals surface area contributed by atoms with Crippen LogP contribution in [-0.2, 0) is 17.6 Å². The minimum Gasteiger partial charge on any atom is -0.356 e. The van der Waals surface area contributed by atoms with Crippen molar-refractivity contribution in [1.29, 1.82) is 0 Å². The second kappa shape index (κ2) is 7.73. The maximum absolute atomic E-state index is 11.9. The van der Waals surface area contributed by atoms with Gasteiger partial charge in [-0.1, -0.05) is 30.3 Å². The van der Waals surface area contributed by atoms with E-state index in [1.54, 1.807) is 0 Å². The highest BCUT2D eigenvalue weighted by atomic mass is 16.1. The molecule has 24 heavy (non-hydrogen) atoms. The molecule has 0 fully saturated rings. The molecule has 5 heteroatoms. The van der Waals surface area contributed by atoms with Crippen LogP contribution in [0.5, 0.6) is 0 Å². The number of benzene rings is 1. The first-order valence-electron chi connectivity index (χ1n) is 8.32. The van der Waals surface area contributed by atoms with Gasteiger partial charge in [-0.2, -0.15) is 5.10 Å². The van der Waals surface area contributed by atoms with Crippen molar-refractivity contribution in [2.45, 2.75) is 32.6 Å². The van der Waals surface area contributed by atoms with E-state index in [1.807, 2.05) is 60.2 Å². The minimum atomic E-state index is 0.107. The predicted octanol–water partition coefficient (Wildman–Crippen LogP) is 2.72. The average molecular weight is 322 g/mol. The molecule has 0 aliphatic carbocycles. The Bertz CT molecular complexity index is 811. The summed E-state index contributed by atoms with van der Waals surface area (Å²) in [5, 5.41) is 7.35. The molecule has 0 atom stereocenters. The molecule has 0 bridgehead atoms.